The lowest BCUT2D eigenvalue weighted by molar-refractivity contribution is 0.627. The minimum absolute atomic E-state index is 0.178. The summed E-state index contributed by atoms with van der Waals surface area (Å²) in [5, 5.41) is 16.5. The number of halogens is 1. The summed E-state index contributed by atoms with van der Waals surface area (Å²) < 4.78 is 14.7. The SMILES string of the molecule is C=CCn1nnc(C#N)c1-c1cccc(F)c1. The van der Waals surface area contributed by atoms with Gasteiger partial charge in [0.25, 0.3) is 0 Å². The number of hydrogen-bond donors (Lipinski definition) is 0. The largest absolute Gasteiger partial charge is 0.239 e. The molecule has 0 spiro atoms. The maximum atomic E-state index is 13.2. The lowest BCUT2D eigenvalue weighted by Crippen LogP contribution is -2.00. The van der Waals surface area contributed by atoms with Gasteiger partial charge in [-0.15, -0.1) is 11.7 Å². The zero-order valence-electron chi connectivity index (χ0n) is 8.97. The fraction of sp³-hybridized carbons (Fsp3) is 0.0833. The van der Waals surface area contributed by atoms with Crippen LogP contribution >= 0.6 is 0 Å². The molecule has 0 amide bonds. The van der Waals surface area contributed by atoms with Gasteiger partial charge in [0, 0.05) is 5.56 Å². The first-order chi connectivity index (χ1) is 8.26. The molecule has 0 fully saturated rings. The molecule has 0 aliphatic heterocycles. The van der Waals surface area contributed by atoms with E-state index in [1.54, 1.807) is 18.2 Å². The molecule has 5 heteroatoms. The first kappa shape index (κ1) is 11.0. The maximum Gasteiger partial charge on any atom is 0.190 e. The minimum atomic E-state index is -0.363. The highest BCUT2D eigenvalue weighted by Crippen LogP contribution is 2.22. The van der Waals surface area contributed by atoms with E-state index in [1.165, 1.54) is 16.8 Å². The van der Waals surface area contributed by atoms with Crippen LogP contribution in [-0.2, 0) is 6.54 Å². The Morgan fingerprint density at radius 2 is 2.35 bits per heavy atom. The number of benzene rings is 1. The van der Waals surface area contributed by atoms with E-state index in [4.69, 9.17) is 5.26 Å². The Morgan fingerprint density at radius 3 is 3.00 bits per heavy atom. The van der Waals surface area contributed by atoms with Crippen molar-refractivity contribution in [1.82, 2.24) is 15.0 Å². The zero-order chi connectivity index (χ0) is 12.3. The molecule has 0 aliphatic carbocycles. The van der Waals surface area contributed by atoms with E-state index in [2.05, 4.69) is 16.9 Å². The summed E-state index contributed by atoms with van der Waals surface area (Å²) in [6.45, 7) is 4.01. The van der Waals surface area contributed by atoms with Gasteiger partial charge in [0.2, 0.25) is 0 Å². The average molecular weight is 228 g/mol. The van der Waals surface area contributed by atoms with Crippen molar-refractivity contribution in [3.05, 3.63) is 48.4 Å². The van der Waals surface area contributed by atoms with Crippen LogP contribution in [0.2, 0.25) is 0 Å². The van der Waals surface area contributed by atoms with E-state index in [-0.39, 0.29) is 11.5 Å². The smallest absolute Gasteiger partial charge is 0.190 e. The van der Waals surface area contributed by atoms with Crippen molar-refractivity contribution in [2.45, 2.75) is 6.54 Å². The second kappa shape index (κ2) is 4.58. The van der Waals surface area contributed by atoms with Gasteiger partial charge in [0.15, 0.2) is 5.69 Å². The molecule has 1 heterocycles. The molecule has 1 aromatic carbocycles. The molecule has 0 bridgehead atoms. The first-order valence-corrected chi connectivity index (χ1v) is 4.96. The fourth-order valence-electron chi connectivity index (χ4n) is 1.56. The predicted molar refractivity (Wildman–Crippen MR) is 60.3 cm³/mol. The summed E-state index contributed by atoms with van der Waals surface area (Å²) in [5.74, 6) is -0.363. The van der Waals surface area contributed by atoms with E-state index >= 15 is 0 Å². The van der Waals surface area contributed by atoms with Gasteiger partial charge in [0.1, 0.15) is 17.6 Å². The average Bonchev–Trinajstić information content (AvgIpc) is 2.72. The highest BCUT2D eigenvalue weighted by Gasteiger charge is 2.14. The number of aromatic nitrogens is 3. The van der Waals surface area contributed by atoms with Gasteiger partial charge < -0.3 is 0 Å². The van der Waals surface area contributed by atoms with Gasteiger partial charge in [-0.2, -0.15) is 5.26 Å². The van der Waals surface area contributed by atoms with Crippen LogP contribution in [0.3, 0.4) is 0 Å². The Balaban J connectivity index is 2.60. The van der Waals surface area contributed by atoms with Crippen molar-refractivity contribution in [3.63, 3.8) is 0 Å². The molecule has 17 heavy (non-hydrogen) atoms. The Bertz CT molecular complexity index is 595. The molecule has 0 saturated carbocycles. The van der Waals surface area contributed by atoms with E-state index in [0.29, 0.717) is 17.8 Å². The molecular formula is C12H9FN4. The summed E-state index contributed by atoms with van der Waals surface area (Å²) in [7, 11) is 0. The van der Waals surface area contributed by atoms with Crippen LogP contribution in [0.15, 0.2) is 36.9 Å². The summed E-state index contributed by atoms with van der Waals surface area (Å²) in [5.41, 5.74) is 1.26. The second-order valence-electron chi connectivity index (χ2n) is 3.38. The van der Waals surface area contributed by atoms with Gasteiger partial charge in [-0.3, -0.25) is 0 Å². The third-order valence-corrected chi connectivity index (χ3v) is 2.24. The Morgan fingerprint density at radius 1 is 1.53 bits per heavy atom. The van der Waals surface area contributed by atoms with Crippen LogP contribution in [0.1, 0.15) is 5.69 Å². The predicted octanol–water partition coefficient (Wildman–Crippen LogP) is 2.14. The van der Waals surface area contributed by atoms with Gasteiger partial charge in [-0.25, -0.2) is 9.07 Å². The van der Waals surface area contributed by atoms with E-state index < -0.39 is 0 Å². The van der Waals surface area contributed by atoms with E-state index in [9.17, 15) is 4.39 Å². The molecule has 84 valence electrons. The van der Waals surface area contributed by atoms with Crippen LogP contribution in [0.25, 0.3) is 11.3 Å². The summed E-state index contributed by atoms with van der Waals surface area (Å²) in [6.07, 6.45) is 1.64. The van der Waals surface area contributed by atoms with Crippen molar-refractivity contribution < 1.29 is 4.39 Å². The lowest BCUT2D eigenvalue weighted by atomic mass is 10.1. The molecular weight excluding hydrogens is 219 g/mol. The first-order valence-electron chi connectivity index (χ1n) is 4.96. The van der Waals surface area contributed by atoms with Crippen molar-refractivity contribution in [2.75, 3.05) is 0 Å². The molecule has 0 N–H and O–H groups in total. The number of hydrogen-bond acceptors (Lipinski definition) is 3. The Hall–Kier alpha value is -2.48. The summed E-state index contributed by atoms with van der Waals surface area (Å²) in [4.78, 5) is 0. The highest BCUT2D eigenvalue weighted by atomic mass is 19.1. The standard InChI is InChI=1S/C12H9FN4/c1-2-6-17-12(11(8-14)15-16-17)9-4-3-5-10(13)7-9/h2-5,7H,1,6H2. The quantitative estimate of drug-likeness (QED) is 0.756. The molecule has 1 aromatic heterocycles. The highest BCUT2D eigenvalue weighted by molar-refractivity contribution is 5.64. The van der Waals surface area contributed by atoms with Crippen LogP contribution in [-0.4, -0.2) is 15.0 Å². The second-order valence-corrected chi connectivity index (χ2v) is 3.38. The van der Waals surface area contributed by atoms with Crippen molar-refractivity contribution >= 4 is 0 Å². The summed E-state index contributed by atoms with van der Waals surface area (Å²) >= 11 is 0. The van der Waals surface area contributed by atoms with Gasteiger partial charge >= 0.3 is 0 Å². The lowest BCUT2D eigenvalue weighted by Gasteiger charge is -2.03. The van der Waals surface area contributed by atoms with Gasteiger partial charge in [0.05, 0.1) is 6.54 Å². The Kier molecular flexibility index (Phi) is 2.97. The molecule has 0 atom stereocenters. The molecule has 0 radical (unpaired) electrons. The number of allylic oxidation sites excluding steroid dienone is 1. The van der Waals surface area contributed by atoms with Crippen molar-refractivity contribution in [1.29, 1.82) is 5.26 Å². The van der Waals surface area contributed by atoms with Crippen LogP contribution in [0.5, 0.6) is 0 Å². The monoisotopic (exact) mass is 228 g/mol. The topological polar surface area (TPSA) is 54.5 Å². The third kappa shape index (κ3) is 2.06. The zero-order valence-corrected chi connectivity index (χ0v) is 8.97. The van der Waals surface area contributed by atoms with Gasteiger partial charge in [-0.05, 0) is 12.1 Å². The molecule has 0 aliphatic rings. The molecule has 2 rings (SSSR count). The minimum Gasteiger partial charge on any atom is -0.239 e. The number of nitrogens with zero attached hydrogens (tertiary/aromatic N) is 4. The molecule has 0 saturated heterocycles. The normalized spacial score (nSPS) is 9.88. The summed E-state index contributed by atoms with van der Waals surface area (Å²) in [6, 6.07) is 7.92. The molecule has 2 aromatic rings. The van der Waals surface area contributed by atoms with Crippen LogP contribution < -0.4 is 0 Å². The molecule has 4 nitrogen and oxygen atoms in total. The van der Waals surface area contributed by atoms with Gasteiger partial charge in [-0.1, -0.05) is 23.4 Å². The molecule has 0 unspecified atom stereocenters. The van der Waals surface area contributed by atoms with Crippen LogP contribution in [0, 0.1) is 17.1 Å². The van der Waals surface area contributed by atoms with Crippen LogP contribution in [0.4, 0.5) is 4.39 Å². The Labute approximate surface area is 97.6 Å². The number of nitriles is 1. The van der Waals surface area contributed by atoms with Crippen molar-refractivity contribution in [2.24, 2.45) is 0 Å². The maximum absolute atomic E-state index is 13.2. The number of rotatable bonds is 3. The van der Waals surface area contributed by atoms with Crippen molar-refractivity contribution in [3.8, 4) is 17.3 Å². The van der Waals surface area contributed by atoms with E-state index in [0.717, 1.165) is 0 Å². The van der Waals surface area contributed by atoms with E-state index in [1.807, 2.05) is 6.07 Å². The fourth-order valence-corrected chi connectivity index (χ4v) is 1.56. The third-order valence-electron chi connectivity index (χ3n) is 2.24.